The van der Waals surface area contributed by atoms with Crippen LogP contribution in [0.4, 0.5) is 5.69 Å². The molecule has 0 radical (unpaired) electrons. The summed E-state index contributed by atoms with van der Waals surface area (Å²) in [5, 5.41) is 8.68. The average Bonchev–Trinajstić information content (AvgIpc) is 3.30. The van der Waals surface area contributed by atoms with Crippen molar-refractivity contribution in [3.05, 3.63) is 80.9 Å². The monoisotopic (exact) mass is 459 g/mol. The van der Waals surface area contributed by atoms with Crippen LogP contribution in [-0.4, -0.2) is 28.8 Å². The van der Waals surface area contributed by atoms with Gasteiger partial charge in [0.15, 0.2) is 0 Å². The average molecular weight is 460 g/mol. The zero-order chi connectivity index (χ0) is 21.3. The Morgan fingerprint density at radius 2 is 1.93 bits per heavy atom. The van der Waals surface area contributed by atoms with E-state index in [1.54, 1.807) is 47.4 Å². The first-order chi connectivity index (χ1) is 14.4. The lowest BCUT2D eigenvalue weighted by molar-refractivity contribution is 0.0606. The maximum atomic E-state index is 12.6. The molecule has 0 aliphatic rings. The largest absolute Gasteiger partial charge is 0.465 e. The van der Waals surface area contributed by atoms with Crippen molar-refractivity contribution in [1.82, 2.24) is 9.78 Å². The van der Waals surface area contributed by atoms with Crippen LogP contribution in [0.15, 0.2) is 54.9 Å². The van der Waals surface area contributed by atoms with E-state index in [2.05, 4.69) is 10.4 Å². The van der Waals surface area contributed by atoms with Crippen molar-refractivity contribution in [3.8, 4) is 0 Å². The zero-order valence-electron chi connectivity index (χ0n) is 15.7. The molecule has 2 aromatic carbocycles. The third kappa shape index (κ3) is 4.18. The van der Waals surface area contributed by atoms with Crippen molar-refractivity contribution >= 4 is 62.2 Å². The van der Waals surface area contributed by atoms with Gasteiger partial charge in [-0.3, -0.25) is 9.48 Å². The minimum Gasteiger partial charge on any atom is -0.465 e. The van der Waals surface area contributed by atoms with Crippen molar-refractivity contribution in [1.29, 1.82) is 0 Å². The summed E-state index contributed by atoms with van der Waals surface area (Å²) >= 11 is 13.4. The van der Waals surface area contributed by atoms with Crippen LogP contribution in [0.2, 0.25) is 10.0 Å². The highest BCUT2D eigenvalue weighted by Crippen LogP contribution is 2.37. The highest BCUT2D eigenvalue weighted by atomic mass is 35.5. The van der Waals surface area contributed by atoms with Gasteiger partial charge >= 0.3 is 5.97 Å². The lowest BCUT2D eigenvalue weighted by atomic mass is 10.1. The van der Waals surface area contributed by atoms with Gasteiger partial charge in [-0.15, -0.1) is 11.3 Å². The predicted molar refractivity (Wildman–Crippen MR) is 119 cm³/mol. The van der Waals surface area contributed by atoms with Crippen LogP contribution in [0.5, 0.6) is 0 Å². The second-order valence-electron chi connectivity index (χ2n) is 6.45. The number of anilines is 1. The third-order valence-electron chi connectivity index (χ3n) is 4.42. The molecule has 0 fully saturated rings. The van der Waals surface area contributed by atoms with Gasteiger partial charge in [0.1, 0.15) is 4.88 Å². The van der Waals surface area contributed by atoms with Crippen LogP contribution < -0.4 is 5.32 Å². The van der Waals surface area contributed by atoms with E-state index in [0.29, 0.717) is 32.7 Å². The second-order valence-corrected chi connectivity index (χ2v) is 8.32. The van der Waals surface area contributed by atoms with Crippen LogP contribution in [0.25, 0.3) is 10.1 Å². The van der Waals surface area contributed by atoms with Gasteiger partial charge in [-0.2, -0.15) is 5.10 Å². The first kappa shape index (κ1) is 20.4. The van der Waals surface area contributed by atoms with Crippen LogP contribution >= 0.6 is 34.5 Å². The van der Waals surface area contributed by atoms with Gasteiger partial charge in [0.2, 0.25) is 0 Å². The summed E-state index contributed by atoms with van der Waals surface area (Å²) in [4.78, 5) is 24.8. The number of esters is 1. The molecule has 1 amide bonds. The molecule has 0 saturated carbocycles. The van der Waals surface area contributed by atoms with Crippen molar-refractivity contribution < 1.29 is 14.3 Å². The highest BCUT2D eigenvalue weighted by Gasteiger charge is 2.18. The molecule has 152 valence electrons. The van der Waals surface area contributed by atoms with Gasteiger partial charge < -0.3 is 10.1 Å². The van der Waals surface area contributed by atoms with E-state index in [9.17, 15) is 9.59 Å². The maximum absolute atomic E-state index is 12.6. The number of nitrogens with zero attached hydrogens (tertiary/aromatic N) is 2. The minimum atomic E-state index is -0.482. The third-order valence-corrected chi connectivity index (χ3v) is 6.25. The van der Waals surface area contributed by atoms with Crippen molar-refractivity contribution in [2.24, 2.45) is 0 Å². The molecule has 9 heteroatoms. The number of ether oxygens (including phenoxy) is 1. The number of amides is 1. The number of carbonyl (C=O) groups excluding carboxylic acids is 2. The molecule has 4 rings (SSSR count). The summed E-state index contributed by atoms with van der Waals surface area (Å²) in [5.41, 5.74) is 2.13. The lowest BCUT2D eigenvalue weighted by Crippen LogP contribution is -2.12. The molecule has 0 spiro atoms. The van der Waals surface area contributed by atoms with Crippen LogP contribution in [0, 0.1) is 0 Å². The Labute approximate surface area is 186 Å². The Kier molecular flexibility index (Phi) is 5.76. The number of fused-ring (bicyclic) bond motifs is 1. The van der Waals surface area contributed by atoms with Crippen molar-refractivity contribution in [2.75, 3.05) is 12.4 Å². The molecule has 2 aromatic heterocycles. The fourth-order valence-corrected chi connectivity index (χ4v) is 4.57. The first-order valence-corrected chi connectivity index (χ1v) is 10.4. The summed E-state index contributed by atoms with van der Waals surface area (Å²) < 4.78 is 7.26. The first-order valence-electron chi connectivity index (χ1n) is 8.83. The van der Waals surface area contributed by atoms with Gasteiger partial charge in [-0.05, 0) is 35.9 Å². The molecule has 0 aliphatic carbocycles. The summed E-state index contributed by atoms with van der Waals surface area (Å²) in [6.45, 7) is 0.562. The lowest BCUT2D eigenvalue weighted by Gasteiger charge is -2.07. The number of aromatic nitrogens is 2. The Bertz CT molecular complexity index is 1250. The fraction of sp³-hybridized carbons (Fsp3) is 0.0952. The van der Waals surface area contributed by atoms with Gasteiger partial charge in [-0.1, -0.05) is 35.3 Å². The van der Waals surface area contributed by atoms with E-state index in [-0.39, 0.29) is 5.91 Å². The Morgan fingerprint density at radius 3 is 2.60 bits per heavy atom. The zero-order valence-corrected chi connectivity index (χ0v) is 18.0. The number of benzene rings is 2. The highest BCUT2D eigenvalue weighted by molar-refractivity contribution is 7.21. The maximum Gasteiger partial charge on any atom is 0.349 e. The number of rotatable bonds is 5. The van der Waals surface area contributed by atoms with E-state index in [0.717, 1.165) is 15.6 Å². The molecule has 4 aromatic rings. The molecule has 30 heavy (non-hydrogen) atoms. The quantitative estimate of drug-likeness (QED) is 0.400. The van der Waals surface area contributed by atoms with Gasteiger partial charge in [0.25, 0.3) is 5.91 Å². The van der Waals surface area contributed by atoms with E-state index < -0.39 is 5.97 Å². The van der Waals surface area contributed by atoms with Crippen LogP contribution in [0.1, 0.15) is 25.6 Å². The second kappa shape index (κ2) is 8.47. The van der Waals surface area contributed by atoms with E-state index in [4.69, 9.17) is 27.9 Å². The normalized spacial score (nSPS) is 10.9. The van der Waals surface area contributed by atoms with Gasteiger partial charge in [0, 0.05) is 27.5 Å². The molecule has 0 unspecified atom stereocenters. The predicted octanol–water partition coefficient (Wildman–Crippen LogP) is 5.49. The molecular formula is C21H15Cl2N3O3S. The molecular weight excluding hydrogens is 445 g/mol. The Hall–Kier alpha value is -2.87. The number of thiophene rings is 1. The molecule has 0 atom stereocenters. The summed E-state index contributed by atoms with van der Waals surface area (Å²) in [6, 6.07) is 12.6. The summed E-state index contributed by atoms with van der Waals surface area (Å²) in [7, 11) is 1.31. The number of halogens is 2. The molecule has 2 heterocycles. The Balaban J connectivity index is 1.49. The van der Waals surface area contributed by atoms with Crippen LogP contribution in [0.3, 0.4) is 0 Å². The smallest absolute Gasteiger partial charge is 0.349 e. The van der Waals surface area contributed by atoms with Crippen molar-refractivity contribution in [3.63, 3.8) is 0 Å². The van der Waals surface area contributed by atoms with Gasteiger partial charge in [0.05, 0.1) is 29.9 Å². The molecule has 0 aliphatic heterocycles. The van der Waals surface area contributed by atoms with Crippen molar-refractivity contribution in [2.45, 2.75) is 6.54 Å². The molecule has 0 bridgehead atoms. The standard InChI is InChI=1S/C21H15Cl2N3O3S/c1-29-21(28)19-18(23)16-7-6-15(8-17(16)30-19)25-20(27)13-4-2-12(3-5-13)10-26-11-14(22)9-24-26/h2-9,11H,10H2,1H3,(H,25,27). The number of methoxy groups -OCH3 is 1. The number of hydrogen-bond donors (Lipinski definition) is 1. The van der Waals surface area contributed by atoms with E-state index in [1.807, 2.05) is 12.1 Å². The Morgan fingerprint density at radius 1 is 1.17 bits per heavy atom. The fourth-order valence-electron chi connectivity index (χ4n) is 2.94. The summed E-state index contributed by atoms with van der Waals surface area (Å²) in [5.74, 6) is -0.719. The van der Waals surface area contributed by atoms with Gasteiger partial charge in [-0.25, -0.2) is 4.79 Å². The van der Waals surface area contributed by atoms with E-state index in [1.165, 1.54) is 18.4 Å². The number of nitrogens with one attached hydrogen (secondary N) is 1. The van der Waals surface area contributed by atoms with Crippen LogP contribution in [-0.2, 0) is 11.3 Å². The molecule has 1 N–H and O–H groups in total. The minimum absolute atomic E-state index is 0.237. The molecule has 0 saturated heterocycles. The van der Waals surface area contributed by atoms with E-state index >= 15 is 0 Å². The number of hydrogen-bond acceptors (Lipinski definition) is 5. The summed E-state index contributed by atoms with van der Waals surface area (Å²) in [6.07, 6.45) is 3.32. The SMILES string of the molecule is COC(=O)c1sc2cc(NC(=O)c3ccc(Cn4cc(Cl)cn4)cc3)ccc2c1Cl. The number of carbonyl (C=O) groups is 2. The molecule has 6 nitrogen and oxygen atoms in total. The topological polar surface area (TPSA) is 73.2 Å².